The van der Waals surface area contributed by atoms with Crippen LogP contribution in [0.2, 0.25) is 0 Å². The fourth-order valence-electron chi connectivity index (χ4n) is 3.15. The van der Waals surface area contributed by atoms with Gasteiger partial charge in [0.05, 0.1) is 4.90 Å². The third-order valence-corrected chi connectivity index (χ3v) is 6.73. The van der Waals surface area contributed by atoms with E-state index in [1.807, 2.05) is 12.1 Å². The molecule has 28 heavy (non-hydrogen) atoms. The molecular formula is C20H26N4O2S2. The van der Waals surface area contributed by atoms with Crippen molar-refractivity contribution in [3.63, 3.8) is 0 Å². The number of hydrogen-bond acceptors (Lipinski definition) is 4. The third kappa shape index (κ3) is 5.01. The lowest BCUT2D eigenvalue weighted by Crippen LogP contribution is -2.29. The van der Waals surface area contributed by atoms with Crippen LogP contribution in [0.5, 0.6) is 0 Å². The van der Waals surface area contributed by atoms with Crippen molar-refractivity contribution in [3.8, 4) is 0 Å². The number of benzene rings is 2. The van der Waals surface area contributed by atoms with E-state index in [0.717, 1.165) is 18.8 Å². The number of nitrogens with zero attached hydrogens (tertiary/aromatic N) is 2. The summed E-state index contributed by atoms with van der Waals surface area (Å²) in [7, 11) is -0.466. The van der Waals surface area contributed by atoms with Gasteiger partial charge in [-0.2, -0.15) is 0 Å². The molecule has 0 spiro atoms. The fourth-order valence-corrected chi connectivity index (χ4v) is 4.33. The standard InChI is InChI=1S/C20H26N4O2S2/c1-23(2)28(25,26)19-8-6-7-17(15-19)22-20(27)21-16-9-11-18(12-10-16)24-13-4-3-5-14-24/h6-12,15H,3-5,13-14H2,1-2H3,(H2,21,22,27). The SMILES string of the molecule is CN(C)S(=O)(=O)c1cccc(NC(=S)Nc2ccc(N3CCCCC3)cc2)c1. The molecule has 3 rings (SSSR count). The van der Waals surface area contributed by atoms with Crippen LogP contribution in [0.4, 0.5) is 17.1 Å². The topological polar surface area (TPSA) is 64.7 Å². The van der Waals surface area contributed by atoms with Crippen LogP contribution in [0.3, 0.4) is 0 Å². The van der Waals surface area contributed by atoms with Gasteiger partial charge in [0.15, 0.2) is 5.11 Å². The van der Waals surface area contributed by atoms with Gasteiger partial charge in [0.25, 0.3) is 0 Å². The van der Waals surface area contributed by atoms with E-state index in [1.165, 1.54) is 43.4 Å². The fraction of sp³-hybridized carbons (Fsp3) is 0.350. The molecule has 0 bridgehead atoms. The van der Waals surface area contributed by atoms with Gasteiger partial charge in [0.1, 0.15) is 0 Å². The van der Waals surface area contributed by atoms with Crippen molar-refractivity contribution in [2.75, 3.05) is 42.7 Å². The number of nitrogens with one attached hydrogen (secondary N) is 2. The van der Waals surface area contributed by atoms with Crippen LogP contribution in [0.15, 0.2) is 53.4 Å². The van der Waals surface area contributed by atoms with Crippen LogP contribution in [0, 0.1) is 0 Å². The molecule has 0 saturated carbocycles. The van der Waals surface area contributed by atoms with E-state index >= 15 is 0 Å². The van der Waals surface area contributed by atoms with Crippen LogP contribution >= 0.6 is 12.2 Å². The van der Waals surface area contributed by atoms with Gasteiger partial charge in [0, 0.05) is 44.2 Å². The molecule has 1 fully saturated rings. The number of anilines is 3. The van der Waals surface area contributed by atoms with Gasteiger partial charge in [-0.25, -0.2) is 12.7 Å². The van der Waals surface area contributed by atoms with Gasteiger partial charge < -0.3 is 15.5 Å². The summed E-state index contributed by atoms with van der Waals surface area (Å²) in [4.78, 5) is 2.62. The zero-order valence-electron chi connectivity index (χ0n) is 16.2. The Morgan fingerprint density at radius 2 is 1.61 bits per heavy atom. The highest BCUT2D eigenvalue weighted by atomic mass is 32.2. The molecule has 1 aliphatic rings. The van der Waals surface area contributed by atoms with E-state index in [1.54, 1.807) is 24.3 Å². The molecule has 2 aromatic carbocycles. The van der Waals surface area contributed by atoms with E-state index in [2.05, 4.69) is 27.7 Å². The first-order chi connectivity index (χ1) is 13.4. The predicted molar refractivity (Wildman–Crippen MR) is 120 cm³/mol. The summed E-state index contributed by atoms with van der Waals surface area (Å²) < 4.78 is 25.7. The van der Waals surface area contributed by atoms with Crippen molar-refractivity contribution in [2.45, 2.75) is 24.2 Å². The molecule has 0 atom stereocenters. The van der Waals surface area contributed by atoms with Crippen molar-refractivity contribution in [1.82, 2.24) is 4.31 Å². The molecule has 2 N–H and O–H groups in total. The third-order valence-electron chi connectivity index (χ3n) is 4.72. The summed E-state index contributed by atoms with van der Waals surface area (Å²) in [5.74, 6) is 0. The van der Waals surface area contributed by atoms with Gasteiger partial charge >= 0.3 is 0 Å². The van der Waals surface area contributed by atoms with E-state index in [0.29, 0.717) is 10.8 Å². The second-order valence-corrected chi connectivity index (χ2v) is 9.55. The molecule has 0 radical (unpaired) electrons. The van der Waals surface area contributed by atoms with Crippen molar-refractivity contribution in [2.24, 2.45) is 0 Å². The highest BCUT2D eigenvalue weighted by Gasteiger charge is 2.17. The second-order valence-electron chi connectivity index (χ2n) is 6.99. The van der Waals surface area contributed by atoms with E-state index < -0.39 is 10.0 Å². The molecule has 1 saturated heterocycles. The lowest BCUT2D eigenvalue weighted by atomic mass is 10.1. The number of rotatable bonds is 5. The van der Waals surface area contributed by atoms with E-state index in [9.17, 15) is 8.42 Å². The molecule has 2 aromatic rings. The molecule has 0 amide bonds. The normalized spacial score (nSPS) is 14.8. The molecule has 0 unspecified atom stereocenters. The van der Waals surface area contributed by atoms with Crippen LogP contribution < -0.4 is 15.5 Å². The van der Waals surface area contributed by atoms with Crippen LogP contribution in [0.1, 0.15) is 19.3 Å². The maximum atomic E-state index is 12.3. The molecule has 0 aromatic heterocycles. The lowest BCUT2D eigenvalue weighted by molar-refractivity contribution is 0.521. The molecule has 6 nitrogen and oxygen atoms in total. The Hall–Kier alpha value is -2.16. The first kappa shape index (κ1) is 20.6. The Morgan fingerprint density at radius 3 is 2.25 bits per heavy atom. The average molecular weight is 419 g/mol. The van der Waals surface area contributed by atoms with Gasteiger partial charge in [-0.05, 0) is 73.9 Å². The summed E-state index contributed by atoms with van der Waals surface area (Å²) in [6.07, 6.45) is 3.81. The summed E-state index contributed by atoms with van der Waals surface area (Å²) >= 11 is 5.37. The van der Waals surface area contributed by atoms with Crippen LogP contribution in [-0.4, -0.2) is 45.0 Å². The first-order valence-corrected chi connectivity index (χ1v) is 11.2. The zero-order valence-corrected chi connectivity index (χ0v) is 17.8. The van der Waals surface area contributed by atoms with Crippen molar-refractivity contribution in [1.29, 1.82) is 0 Å². The number of thiocarbonyl (C=S) groups is 1. The summed E-state index contributed by atoms with van der Waals surface area (Å²) in [6.45, 7) is 2.22. The maximum absolute atomic E-state index is 12.3. The van der Waals surface area contributed by atoms with Crippen molar-refractivity contribution >= 4 is 44.4 Å². The van der Waals surface area contributed by atoms with Crippen molar-refractivity contribution < 1.29 is 8.42 Å². The molecule has 150 valence electrons. The minimum atomic E-state index is -3.48. The Bertz CT molecular complexity index is 921. The molecule has 8 heteroatoms. The average Bonchev–Trinajstić information content (AvgIpc) is 2.69. The highest BCUT2D eigenvalue weighted by Crippen LogP contribution is 2.22. The van der Waals surface area contributed by atoms with E-state index in [4.69, 9.17) is 12.2 Å². The Balaban J connectivity index is 1.63. The van der Waals surface area contributed by atoms with Gasteiger partial charge in [-0.1, -0.05) is 6.07 Å². The Morgan fingerprint density at radius 1 is 0.964 bits per heavy atom. The first-order valence-electron chi connectivity index (χ1n) is 9.32. The molecular weight excluding hydrogens is 392 g/mol. The maximum Gasteiger partial charge on any atom is 0.242 e. The molecule has 0 aliphatic carbocycles. The van der Waals surface area contributed by atoms with Gasteiger partial charge in [-0.15, -0.1) is 0 Å². The summed E-state index contributed by atoms with van der Waals surface area (Å²) in [6, 6.07) is 14.8. The van der Waals surface area contributed by atoms with E-state index in [-0.39, 0.29) is 4.90 Å². The van der Waals surface area contributed by atoms with Crippen LogP contribution in [-0.2, 0) is 10.0 Å². The second kappa shape index (κ2) is 8.89. The molecule has 1 heterocycles. The number of piperidine rings is 1. The van der Waals surface area contributed by atoms with Gasteiger partial charge in [0.2, 0.25) is 10.0 Å². The highest BCUT2D eigenvalue weighted by molar-refractivity contribution is 7.89. The number of sulfonamides is 1. The van der Waals surface area contributed by atoms with Crippen LogP contribution in [0.25, 0.3) is 0 Å². The smallest absolute Gasteiger partial charge is 0.242 e. The number of hydrogen-bond donors (Lipinski definition) is 2. The predicted octanol–water partition coefficient (Wildman–Crippen LogP) is 3.74. The van der Waals surface area contributed by atoms with Gasteiger partial charge in [-0.3, -0.25) is 0 Å². The minimum absolute atomic E-state index is 0.219. The Kier molecular flexibility index (Phi) is 6.53. The monoisotopic (exact) mass is 418 g/mol. The Labute approximate surface area is 172 Å². The lowest BCUT2D eigenvalue weighted by Gasteiger charge is -2.28. The quantitative estimate of drug-likeness (QED) is 0.722. The zero-order chi connectivity index (χ0) is 20.1. The summed E-state index contributed by atoms with van der Waals surface area (Å²) in [5.41, 5.74) is 2.73. The minimum Gasteiger partial charge on any atom is -0.372 e. The van der Waals surface area contributed by atoms with Crippen molar-refractivity contribution in [3.05, 3.63) is 48.5 Å². The summed E-state index contributed by atoms with van der Waals surface area (Å²) in [5, 5.41) is 6.60. The largest absolute Gasteiger partial charge is 0.372 e. The molecule has 1 aliphatic heterocycles.